The van der Waals surface area contributed by atoms with Crippen LogP contribution in [0.5, 0.6) is 5.75 Å². The van der Waals surface area contributed by atoms with Gasteiger partial charge >= 0.3 is 0 Å². The molecule has 0 aliphatic heterocycles. The molecule has 4 nitrogen and oxygen atoms in total. The van der Waals surface area contributed by atoms with E-state index >= 15 is 0 Å². The molecule has 8 aromatic carbocycles. The van der Waals surface area contributed by atoms with Crippen molar-refractivity contribution in [2.24, 2.45) is 0 Å². The molecule has 5 heteroatoms. The summed E-state index contributed by atoms with van der Waals surface area (Å²) in [5, 5.41) is 11.8. The summed E-state index contributed by atoms with van der Waals surface area (Å²) in [4.78, 5) is 10.3. The first-order valence-electron chi connectivity index (χ1n) is 24.9. The molecule has 0 saturated carbocycles. The third-order valence-electron chi connectivity index (χ3n) is 12.8. The molecule has 10 aromatic rings. The second kappa shape index (κ2) is 19.2. The van der Waals surface area contributed by atoms with Gasteiger partial charge in [-0.05, 0) is 130 Å². The van der Waals surface area contributed by atoms with Crippen LogP contribution in [-0.4, -0.2) is 19.6 Å². The van der Waals surface area contributed by atoms with Crippen LogP contribution in [0.1, 0.15) is 72.8 Å². The molecule has 0 aliphatic carbocycles. The fourth-order valence-electron chi connectivity index (χ4n) is 9.12. The summed E-state index contributed by atoms with van der Waals surface area (Å²) in [6.45, 7) is 9.27. The summed E-state index contributed by atoms with van der Waals surface area (Å²) in [6, 6.07) is 62.8. The normalized spacial score (nSPS) is 12.6. The zero-order valence-corrected chi connectivity index (χ0v) is 41.3. The van der Waals surface area contributed by atoms with Crippen LogP contribution in [0.4, 0.5) is 0 Å². The fourth-order valence-corrected chi connectivity index (χ4v) is 9.12. The fraction of sp³-hybridized carbons (Fsp3) is 0.143. The Balaban J connectivity index is 0.00000640. The molecule has 0 saturated heterocycles. The summed E-state index contributed by atoms with van der Waals surface area (Å²) >= 11 is 0. The van der Waals surface area contributed by atoms with Gasteiger partial charge in [0.2, 0.25) is 0 Å². The number of hydrogen-bond donors (Lipinski definition) is 1. The number of para-hydroxylation sites is 1. The van der Waals surface area contributed by atoms with E-state index in [1.807, 2.05) is 129 Å². The maximum Gasteiger partial charge on any atom is 0.148 e. The first-order valence-corrected chi connectivity index (χ1v) is 22.9. The predicted molar refractivity (Wildman–Crippen MR) is 280 cm³/mol. The molecule has 0 radical (unpaired) electrons. The molecule has 0 amide bonds. The van der Waals surface area contributed by atoms with Crippen LogP contribution in [-0.2, 0) is 21.1 Å². The van der Waals surface area contributed by atoms with Gasteiger partial charge in [-0.1, -0.05) is 178 Å². The first-order chi connectivity index (χ1) is 34.0. The monoisotopic (exact) mass is 1070 g/mol. The Kier molecular flexibility index (Phi) is 11.6. The molecule has 2 aromatic heterocycles. The molecule has 0 atom stereocenters. The number of aryl methyl sites for hydroxylation is 3. The van der Waals surface area contributed by atoms with Gasteiger partial charge in [0.25, 0.3) is 0 Å². The van der Waals surface area contributed by atoms with Crippen LogP contribution < -0.4 is 0 Å². The van der Waals surface area contributed by atoms with Gasteiger partial charge in [0, 0.05) is 38.4 Å². The summed E-state index contributed by atoms with van der Waals surface area (Å²) in [7, 11) is 0. The molecular weight excluding hydrogens is 1010 g/mol. The van der Waals surface area contributed by atoms with Crippen LogP contribution in [0.25, 0.3) is 95.0 Å². The Labute approximate surface area is 421 Å². The Morgan fingerprint density at radius 3 is 1.87 bits per heavy atom. The van der Waals surface area contributed by atoms with E-state index in [4.69, 9.17) is 15.5 Å². The quantitative estimate of drug-likeness (QED) is 0.139. The van der Waals surface area contributed by atoms with Gasteiger partial charge in [-0.3, -0.25) is 9.55 Å². The van der Waals surface area contributed by atoms with Crippen LogP contribution in [0, 0.1) is 26.8 Å². The summed E-state index contributed by atoms with van der Waals surface area (Å²) in [5.41, 5.74) is 16.9. The zero-order valence-electron chi connectivity index (χ0n) is 43.0. The number of benzene rings is 8. The molecule has 0 aliphatic rings. The van der Waals surface area contributed by atoms with Crippen molar-refractivity contribution in [2.45, 2.75) is 60.2 Å². The summed E-state index contributed by atoms with van der Waals surface area (Å²) < 4.78 is 37.9. The van der Waals surface area contributed by atoms with Crippen molar-refractivity contribution in [2.75, 3.05) is 0 Å². The van der Waals surface area contributed by atoms with Gasteiger partial charge in [0.15, 0.2) is 0 Å². The van der Waals surface area contributed by atoms with Gasteiger partial charge in [-0.15, -0.1) is 23.8 Å². The van der Waals surface area contributed by atoms with E-state index in [0.717, 1.165) is 83.6 Å². The van der Waals surface area contributed by atoms with E-state index in [2.05, 4.69) is 98.8 Å². The first kappa shape index (κ1) is 41.1. The van der Waals surface area contributed by atoms with Crippen molar-refractivity contribution in [3.63, 3.8) is 0 Å². The van der Waals surface area contributed by atoms with Gasteiger partial charge < -0.3 is 5.11 Å². The van der Waals surface area contributed by atoms with E-state index in [1.165, 1.54) is 0 Å². The minimum atomic E-state index is -2.55. The molecule has 0 unspecified atom stereocenters. The van der Waals surface area contributed by atoms with Crippen molar-refractivity contribution >= 4 is 11.0 Å². The van der Waals surface area contributed by atoms with E-state index in [1.54, 1.807) is 6.07 Å². The minimum absolute atomic E-state index is 0. The average molecular weight is 1070 g/mol. The standard InChI is InChI=1S/C63H54N3O.Pt/c1-39(2)50-32-51(40(3)4)34-53(33-50)48-25-26-59(42(6)31-48)66-60-20-14-19-56(61(60)65-63(66)57-30-41(5)29-43(7)62(57)67)54-35-52(45-17-12-9-13-18-45)36-55(37-54)58-38-49(27-28-64-58)47-23-21-46(22-24-47)44-15-10-8-11-16-44;/h8-36,38-40,67H,1-7H3;/q-1;/i6D3,39D;. The number of imidazole rings is 1. The minimum Gasteiger partial charge on any atom is -0.507 e. The molecule has 0 fully saturated rings. The molecule has 10 rings (SSSR count). The Morgan fingerprint density at radius 1 is 0.559 bits per heavy atom. The maximum absolute atomic E-state index is 11.8. The van der Waals surface area contributed by atoms with Gasteiger partial charge in [-0.25, -0.2) is 4.98 Å². The van der Waals surface area contributed by atoms with Gasteiger partial charge in [-0.2, -0.15) is 0 Å². The van der Waals surface area contributed by atoms with E-state index in [9.17, 15) is 5.11 Å². The molecule has 2 heterocycles. The van der Waals surface area contributed by atoms with E-state index in [0.29, 0.717) is 33.7 Å². The largest absolute Gasteiger partial charge is 0.507 e. The average Bonchev–Trinajstić information content (AvgIpc) is 3.76. The Bertz CT molecular complexity index is 3620. The molecular formula is C63H54N3OPt-. The number of nitrogens with zero attached hydrogens (tertiary/aromatic N) is 3. The second-order valence-corrected chi connectivity index (χ2v) is 18.1. The second-order valence-electron chi connectivity index (χ2n) is 18.1. The van der Waals surface area contributed by atoms with Crippen LogP contribution in [0.3, 0.4) is 0 Å². The third kappa shape index (κ3) is 9.02. The number of pyridine rings is 1. The van der Waals surface area contributed by atoms with E-state index in [-0.39, 0.29) is 38.3 Å². The third-order valence-corrected chi connectivity index (χ3v) is 12.8. The predicted octanol–water partition coefficient (Wildman–Crippen LogP) is 16.8. The smallest absolute Gasteiger partial charge is 0.148 e. The number of aromatic hydroxyl groups is 1. The van der Waals surface area contributed by atoms with Crippen LogP contribution in [0.2, 0.25) is 0 Å². The van der Waals surface area contributed by atoms with Crippen molar-refractivity contribution in [1.82, 2.24) is 14.5 Å². The Morgan fingerprint density at radius 2 is 1.18 bits per heavy atom. The number of fused-ring (bicyclic) bond motifs is 1. The number of aromatic nitrogens is 3. The number of hydrogen-bond acceptors (Lipinski definition) is 3. The van der Waals surface area contributed by atoms with Gasteiger partial charge in [0.1, 0.15) is 11.6 Å². The zero-order chi connectivity index (χ0) is 49.8. The van der Waals surface area contributed by atoms with Crippen LogP contribution in [0.15, 0.2) is 182 Å². The van der Waals surface area contributed by atoms with E-state index < -0.39 is 12.7 Å². The number of phenolic OH excluding ortho intramolecular Hbond substituents is 1. The molecule has 68 heavy (non-hydrogen) atoms. The van der Waals surface area contributed by atoms with Crippen LogP contribution >= 0.6 is 0 Å². The SMILES string of the molecule is [2H]C([2H])([2H])c1cc(-c2cc(C(C)C)cc(C([2H])(C)C)c2)ccc1-n1c(-c2cc(C)cc(C)c2O)nc2c(-c3[c-]c(-c4cc(-c5ccc(-c6ccccc6)cc5)ccn4)cc(-c4ccccc4)c3)cccc21.[Pt]. The maximum atomic E-state index is 11.8. The van der Waals surface area contributed by atoms with Gasteiger partial charge in [0.05, 0.1) is 22.3 Å². The molecule has 0 spiro atoms. The Hall–Kier alpha value is -7.13. The van der Waals surface area contributed by atoms with Crippen molar-refractivity contribution < 1.29 is 31.7 Å². The summed E-state index contributed by atoms with van der Waals surface area (Å²) in [5.74, 6) is -0.194. The molecule has 1 N–H and O–H groups in total. The molecule has 0 bridgehead atoms. The topological polar surface area (TPSA) is 50.9 Å². The number of phenols is 1. The van der Waals surface area contributed by atoms with Crippen molar-refractivity contribution in [3.8, 4) is 89.7 Å². The van der Waals surface area contributed by atoms with Crippen molar-refractivity contribution in [3.05, 3.63) is 216 Å². The number of rotatable bonds is 10. The molecule has 338 valence electrons. The van der Waals surface area contributed by atoms with Crippen molar-refractivity contribution in [1.29, 1.82) is 0 Å². The summed E-state index contributed by atoms with van der Waals surface area (Å²) in [6.07, 6.45) is 1.84.